The zero-order valence-electron chi connectivity index (χ0n) is 16.0. The van der Waals surface area contributed by atoms with Gasteiger partial charge in [-0.2, -0.15) is 0 Å². The average Bonchev–Trinajstić information content (AvgIpc) is 3.09. The SMILES string of the molecule is CN=C(NCC1(C)CCCCC1O)N1CCC(N2CCCCC2)C1.I. The Morgan fingerprint density at radius 2 is 1.88 bits per heavy atom. The molecule has 2 saturated heterocycles. The third-order valence-corrected chi connectivity index (χ3v) is 6.51. The number of guanidine groups is 1. The first-order valence-corrected chi connectivity index (χ1v) is 10.00. The van der Waals surface area contributed by atoms with Crippen LogP contribution in [0.25, 0.3) is 0 Å². The molecule has 3 aliphatic rings. The summed E-state index contributed by atoms with van der Waals surface area (Å²) < 4.78 is 0. The third-order valence-electron chi connectivity index (χ3n) is 6.51. The van der Waals surface area contributed by atoms with Crippen LogP contribution in [-0.2, 0) is 0 Å². The van der Waals surface area contributed by atoms with E-state index in [0.717, 1.165) is 44.9 Å². The van der Waals surface area contributed by atoms with Gasteiger partial charge in [-0.05, 0) is 45.2 Å². The van der Waals surface area contributed by atoms with Crippen molar-refractivity contribution in [1.29, 1.82) is 0 Å². The Hall–Kier alpha value is -0.0800. The third kappa shape index (κ3) is 5.22. The van der Waals surface area contributed by atoms with Crippen molar-refractivity contribution in [2.75, 3.05) is 39.8 Å². The predicted molar refractivity (Wildman–Crippen MR) is 115 cm³/mol. The number of aliphatic hydroxyl groups excluding tert-OH is 1. The molecule has 0 amide bonds. The number of halogens is 1. The highest BCUT2D eigenvalue weighted by Crippen LogP contribution is 2.35. The second kappa shape index (κ2) is 9.74. The molecule has 2 aliphatic heterocycles. The first kappa shape index (κ1) is 21.2. The van der Waals surface area contributed by atoms with Crippen LogP contribution in [0, 0.1) is 5.41 Å². The molecule has 25 heavy (non-hydrogen) atoms. The van der Waals surface area contributed by atoms with Gasteiger partial charge in [-0.25, -0.2) is 0 Å². The number of hydrogen-bond donors (Lipinski definition) is 2. The first-order valence-electron chi connectivity index (χ1n) is 10.00. The summed E-state index contributed by atoms with van der Waals surface area (Å²) in [5, 5.41) is 14.0. The maximum atomic E-state index is 10.4. The van der Waals surface area contributed by atoms with Gasteiger partial charge in [0.05, 0.1) is 6.10 Å². The summed E-state index contributed by atoms with van der Waals surface area (Å²) in [6, 6.07) is 0.694. The largest absolute Gasteiger partial charge is 0.392 e. The molecule has 3 atom stereocenters. The Bertz CT molecular complexity index is 441. The molecule has 1 aliphatic carbocycles. The first-order chi connectivity index (χ1) is 11.6. The minimum atomic E-state index is -0.184. The molecule has 3 fully saturated rings. The highest BCUT2D eigenvalue weighted by Gasteiger charge is 2.36. The Morgan fingerprint density at radius 1 is 1.12 bits per heavy atom. The molecule has 0 radical (unpaired) electrons. The van der Waals surface area contributed by atoms with E-state index in [1.165, 1.54) is 45.2 Å². The fourth-order valence-electron chi connectivity index (χ4n) is 4.72. The van der Waals surface area contributed by atoms with Gasteiger partial charge in [0.15, 0.2) is 5.96 Å². The van der Waals surface area contributed by atoms with Gasteiger partial charge in [-0.1, -0.05) is 26.2 Å². The van der Waals surface area contributed by atoms with Crippen LogP contribution in [0.4, 0.5) is 0 Å². The lowest BCUT2D eigenvalue weighted by Gasteiger charge is -2.39. The maximum Gasteiger partial charge on any atom is 0.193 e. The summed E-state index contributed by atoms with van der Waals surface area (Å²) >= 11 is 0. The minimum Gasteiger partial charge on any atom is -0.392 e. The Balaban J connectivity index is 0.00000225. The number of nitrogens with one attached hydrogen (secondary N) is 1. The molecule has 3 rings (SSSR count). The molecule has 5 nitrogen and oxygen atoms in total. The lowest BCUT2D eigenvalue weighted by Crippen LogP contribution is -2.50. The highest BCUT2D eigenvalue weighted by atomic mass is 127. The summed E-state index contributed by atoms with van der Waals surface area (Å²) in [6.07, 6.45) is 9.63. The van der Waals surface area contributed by atoms with Crippen LogP contribution < -0.4 is 5.32 Å². The molecule has 0 aromatic rings. The second-order valence-electron chi connectivity index (χ2n) is 8.30. The van der Waals surface area contributed by atoms with Crippen molar-refractivity contribution in [2.45, 2.75) is 70.4 Å². The molecule has 0 aromatic heterocycles. The monoisotopic (exact) mass is 464 g/mol. The predicted octanol–water partition coefficient (Wildman–Crippen LogP) is 2.68. The zero-order chi connectivity index (χ0) is 17.0. The van der Waals surface area contributed by atoms with Crippen LogP contribution in [0.15, 0.2) is 4.99 Å². The molecule has 146 valence electrons. The van der Waals surface area contributed by atoms with Crippen LogP contribution in [0.1, 0.15) is 58.3 Å². The summed E-state index contributed by atoms with van der Waals surface area (Å²) in [6.45, 7) is 7.78. The number of nitrogens with zero attached hydrogens (tertiary/aromatic N) is 3. The maximum absolute atomic E-state index is 10.4. The standard InChI is InChI=1S/C19H36N4O.HI/c1-19(10-5-4-8-17(19)24)15-21-18(20-2)23-13-9-16(14-23)22-11-6-3-7-12-22;/h16-17,24H,3-15H2,1-2H3,(H,20,21);1H. The fourth-order valence-corrected chi connectivity index (χ4v) is 4.72. The van der Waals surface area contributed by atoms with Gasteiger partial charge in [0, 0.05) is 38.1 Å². The quantitative estimate of drug-likeness (QED) is 0.383. The Labute approximate surface area is 170 Å². The van der Waals surface area contributed by atoms with Gasteiger partial charge in [0.25, 0.3) is 0 Å². The van der Waals surface area contributed by atoms with E-state index in [9.17, 15) is 5.11 Å². The van der Waals surface area contributed by atoms with Gasteiger partial charge in [-0.3, -0.25) is 9.89 Å². The van der Waals surface area contributed by atoms with Crippen molar-refractivity contribution in [3.05, 3.63) is 0 Å². The molecular formula is C19H37IN4O. The molecule has 2 N–H and O–H groups in total. The number of hydrogen-bond acceptors (Lipinski definition) is 3. The van der Waals surface area contributed by atoms with E-state index in [1.54, 1.807) is 0 Å². The lowest BCUT2D eigenvalue weighted by atomic mass is 9.73. The Morgan fingerprint density at radius 3 is 2.56 bits per heavy atom. The van der Waals surface area contributed by atoms with Crippen LogP contribution in [0.5, 0.6) is 0 Å². The van der Waals surface area contributed by atoms with Crippen molar-refractivity contribution in [3.63, 3.8) is 0 Å². The summed E-state index contributed by atoms with van der Waals surface area (Å²) in [7, 11) is 1.89. The van der Waals surface area contributed by atoms with Crippen molar-refractivity contribution in [2.24, 2.45) is 10.4 Å². The fraction of sp³-hybridized carbons (Fsp3) is 0.947. The van der Waals surface area contributed by atoms with Crippen molar-refractivity contribution < 1.29 is 5.11 Å². The number of rotatable bonds is 3. The Kier molecular flexibility index (Phi) is 8.27. The molecule has 1 saturated carbocycles. The van der Waals surface area contributed by atoms with Crippen LogP contribution in [0.3, 0.4) is 0 Å². The van der Waals surface area contributed by atoms with Gasteiger partial charge >= 0.3 is 0 Å². The van der Waals surface area contributed by atoms with E-state index in [4.69, 9.17) is 0 Å². The molecule has 0 spiro atoms. The number of aliphatic imine (C=N–C) groups is 1. The van der Waals surface area contributed by atoms with E-state index in [2.05, 4.69) is 27.0 Å². The number of aliphatic hydroxyl groups is 1. The van der Waals surface area contributed by atoms with Crippen molar-refractivity contribution >= 4 is 29.9 Å². The molecule has 6 heteroatoms. The smallest absolute Gasteiger partial charge is 0.193 e. The zero-order valence-corrected chi connectivity index (χ0v) is 18.4. The lowest BCUT2D eigenvalue weighted by molar-refractivity contribution is 0.00368. The van der Waals surface area contributed by atoms with E-state index in [1.807, 2.05) is 7.05 Å². The van der Waals surface area contributed by atoms with Crippen molar-refractivity contribution in [1.82, 2.24) is 15.1 Å². The van der Waals surface area contributed by atoms with E-state index >= 15 is 0 Å². The van der Waals surface area contributed by atoms with Gasteiger partial charge in [0.1, 0.15) is 0 Å². The number of likely N-dealkylation sites (tertiary alicyclic amines) is 2. The van der Waals surface area contributed by atoms with E-state index in [-0.39, 0.29) is 35.5 Å². The van der Waals surface area contributed by atoms with Crippen LogP contribution in [-0.4, -0.2) is 72.8 Å². The highest BCUT2D eigenvalue weighted by molar-refractivity contribution is 14.0. The van der Waals surface area contributed by atoms with Gasteiger partial charge in [-0.15, -0.1) is 24.0 Å². The molecule has 3 unspecified atom stereocenters. The molecule has 2 heterocycles. The summed E-state index contributed by atoms with van der Waals surface area (Å²) in [5.74, 6) is 1.02. The number of piperidine rings is 1. The molecular weight excluding hydrogens is 427 g/mol. The molecule has 0 aromatic carbocycles. The van der Waals surface area contributed by atoms with E-state index < -0.39 is 0 Å². The minimum absolute atomic E-state index is 0. The van der Waals surface area contributed by atoms with E-state index in [0.29, 0.717) is 6.04 Å². The van der Waals surface area contributed by atoms with Crippen molar-refractivity contribution in [3.8, 4) is 0 Å². The summed E-state index contributed by atoms with van der Waals surface area (Å²) in [5.41, 5.74) is -0.0137. The molecule has 0 bridgehead atoms. The normalized spacial score (nSPS) is 34.7. The van der Waals surface area contributed by atoms with Crippen LogP contribution >= 0.6 is 24.0 Å². The van der Waals surface area contributed by atoms with Gasteiger partial charge < -0.3 is 15.3 Å². The second-order valence-corrected chi connectivity index (χ2v) is 8.30. The topological polar surface area (TPSA) is 51.1 Å². The average molecular weight is 464 g/mol. The summed E-state index contributed by atoms with van der Waals surface area (Å²) in [4.78, 5) is 9.62. The van der Waals surface area contributed by atoms with Crippen LogP contribution in [0.2, 0.25) is 0 Å². The van der Waals surface area contributed by atoms with Gasteiger partial charge in [0.2, 0.25) is 0 Å².